The quantitative estimate of drug-likeness (QED) is 0.183. The van der Waals surface area contributed by atoms with E-state index < -0.39 is 29.5 Å². The van der Waals surface area contributed by atoms with E-state index in [2.05, 4.69) is 21.9 Å². The van der Waals surface area contributed by atoms with Gasteiger partial charge in [0.25, 0.3) is 17.4 Å². The van der Waals surface area contributed by atoms with Crippen LogP contribution in [0.25, 0.3) is 22.1 Å². The SMILES string of the molecule is C[C@H](c1nn2ccc(C#Cc3cc4c(c(C(F)(F)F)c3)C(=O)N([C@@H](C)C3CC3)C4)nc2c1C(N)=O)c1cc2cccc(Cl)c2c(=O)n1-c1ccccc1. The highest BCUT2D eigenvalue weighted by Gasteiger charge is 2.44. The molecule has 9 nitrogen and oxygen atoms in total. The van der Waals surface area contributed by atoms with Crippen LogP contribution in [0.15, 0.2) is 83.8 Å². The number of para-hydroxylation sites is 1. The first-order chi connectivity index (χ1) is 25.3. The van der Waals surface area contributed by atoms with Crippen molar-refractivity contribution in [2.45, 2.75) is 51.4 Å². The van der Waals surface area contributed by atoms with Gasteiger partial charge in [-0.05, 0) is 85.0 Å². The lowest BCUT2D eigenvalue weighted by Crippen LogP contribution is -2.35. The van der Waals surface area contributed by atoms with E-state index >= 15 is 0 Å². The number of carbonyl (C=O) groups excluding carboxylic acids is 2. The maximum atomic E-state index is 14.3. The van der Waals surface area contributed by atoms with Crippen molar-refractivity contribution in [2.75, 3.05) is 0 Å². The van der Waals surface area contributed by atoms with Crippen LogP contribution in [0.5, 0.6) is 0 Å². The number of benzene rings is 3. The Morgan fingerprint density at radius 2 is 1.75 bits per heavy atom. The molecule has 1 aliphatic heterocycles. The van der Waals surface area contributed by atoms with Crippen molar-refractivity contribution in [2.24, 2.45) is 11.7 Å². The zero-order chi connectivity index (χ0) is 37.3. The first-order valence-corrected chi connectivity index (χ1v) is 17.4. The summed E-state index contributed by atoms with van der Waals surface area (Å²) in [4.78, 5) is 46.3. The van der Waals surface area contributed by atoms with E-state index in [0.717, 1.165) is 18.9 Å². The Balaban J connectivity index is 1.21. The molecule has 1 fully saturated rings. The van der Waals surface area contributed by atoms with Gasteiger partial charge >= 0.3 is 6.18 Å². The Morgan fingerprint density at radius 1 is 1.00 bits per heavy atom. The minimum Gasteiger partial charge on any atom is -0.365 e. The highest BCUT2D eigenvalue weighted by atomic mass is 35.5. The number of carbonyl (C=O) groups is 2. The fourth-order valence-electron chi connectivity index (χ4n) is 7.27. The van der Waals surface area contributed by atoms with Gasteiger partial charge in [-0.15, -0.1) is 0 Å². The number of pyridine rings is 1. The van der Waals surface area contributed by atoms with Crippen molar-refractivity contribution in [1.29, 1.82) is 0 Å². The van der Waals surface area contributed by atoms with Crippen LogP contribution in [0.2, 0.25) is 5.02 Å². The first-order valence-electron chi connectivity index (χ1n) is 17.0. The number of amides is 2. The molecule has 0 saturated heterocycles. The van der Waals surface area contributed by atoms with Crippen LogP contribution in [0, 0.1) is 17.8 Å². The lowest BCUT2D eigenvalue weighted by atomic mass is 9.96. The summed E-state index contributed by atoms with van der Waals surface area (Å²) in [6, 6.07) is 19.8. The van der Waals surface area contributed by atoms with Crippen LogP contribution in [-0.4, -0.2) is 41.9 Å². The first kappa shape index (κ1) is 34.2. The summed E-state index contributed by atoms with van der Waals surface area (Å²) >= 11 is 6.48. The Bertz CT molecular complexity index is 2640. The molecule has 6 aromatic rings. The zero-order valence-electron chi connectivity index (χ0n) is 28.4. The fourth-order valence-corrected chi connectivity index (χ4v) is 7.53. The van der Waals surface area contributed by atoms with Gasteiger partial charge in [0.05, 0.1) is 27.2 Å². The lowest BCUT2D eigenvalue weighted by molar-refractivity contribution is -0.138. The van der Waals surface area contributed by atoms with E-state index in [9.17, 15) is 27.6 Å². The normalized spacial score (nSPS) is 15.4. The van der Waals surface area contributed by atoms with Crippen LogP contribution in [-0.2, 0) is 12.7 Å². The van der Waals surface area contributed by atoms with Gasteiger partial charge in [0, 0.05) is 41.6 Å². The molecule has 1 aliphatic carbocycles. The van der Waals surface area contributed by atoms with Crippen molar-refractivity contribution < 1.29 is 22.8 Å². The van der Waals surface area contributed by atoms with Gasteiger partial charge in [0.2, 0.25) is 0 Å². The van der Waals surface area contributed by atoms with Gasteiger partial charge in [-0.3, -0.25) is 19.0 Å². The summed E-state index contributed by atoms with van der Waals surface area (Å²) < 4.78 is 45.7. The van der Waals surface area contributed by atoms with E-state index in [0.29, 0.717) is 33.1 Å². The van der Waals surface area contributed by atoms with Gasteiger partial charge < -0.3 is 10.6 Å². The van der Waals surface area contributed by atoms with Crippen molar-refractivity contribution in [3.05, 3.63) is 139 Å². The molecule has 0 bridgehead atoms. The van der Waals surface area contributed by atoms with E-state index in [4.69, 9.17) is 17.3 Å². The van der Waals surface area contributed by atoms with Gasteiger partial charge in [0.1, 0.15) is 11.3 Å². The number of halogens is 4. The average Bonchev–Trinajstić information content (AvgIpc) is 3.83. The Morgan fingerprint density at radius 3 is 2.45 bits per heavy atom. The van der Waals surface area contributed by atoms with Gasteiger partial charge in [-0.1, -0.05) is 54.8 Å². The number of nitrogens with zero attached hydrogens (tertiary/aromatic N) is 5. The second-order valence-corrected chi connectivity index (χ2v) is 13.9. The molecule has 0 radical (unpaired) electrons. The highest BCUT2D eigenvalue weighted by molar-refractivity contribution is 6.35. The molecule has 0 unspecified atom stereocenters. The Hall–Kier alpha value is -5.93. The summed E-state index contributed by atoms with van der Waals surface area (Å²) in [5.74, 6) is 3.79. The Kier molecular flexibility index (Phi) is 8.14. The molecule has 3 aromatic carbocycles. The minimum absolute atomic E-state index is 0.000300. The van der Waals surface area contributed by atoms with Crippen LogP contribution < -0.4 is 11.3 Å². The van der Waals surface area contributed by atoms with Crippen molar-refractivity contribution in [1.82, 2.24) is 24.1 Å². The van der Waals surface area contributed by atoms with Crippen LogP contribution in [0.4, 0.5) is 13.2 Å². The third-order valence-corrected chi connectivity index (χ3v) is 10.4. The molecule has 0 spiro atoms. The van der Waals surface area contributed by atoms with E-state index in [1.54, 1.807) is 49.4 Å². The number of nitrogens with two attached hydrogens (primary N) is 1. The summed E-state index contributed by atoms with van der Waals surface area (Å²) in [5, 5.41) is 5.90. The maximum Gasteiger partial charge on any atom is 0.417 e. The average molecular weight is 735 g/mol. The number of hydrogen-bond donors (Lipinski definition) is 1. The second kappa shape index (κ2) is 12.6. The molecule has 2 N–H and O–H groups in total. The smallest absolute Gasteiger partial charge is 0.365 e. The van der Waals surface area contributed by atoms with Crippen LogP contribution in [0.1, 0.15) is 87.1 Å². The van der Waals surface area contributed by atoms with Crippen LogP contribution in [0.3, 0.4) is 0 Å². The zero-order valence-corrected chi connectivity index (χ0v) is 29.2. The summed E-state index contributed by atoms with van der Waals surface area (Å²) in [6.45, 7) is 3.75. The van der Waals surface area contributed by atoms with Gasteiger partial charge in [-0.25, -0.2) is 9.50 Å². The van der Waals surface area contributed by atoms with E-state index in [-0.39, 0.29) is 57.4 Å². The lowest BCUT2D eigenvalue weighted by Gasteiger charge is -2.24. The molecule has 2 atom stereocenters. The van der Waals surface area contributed by atoms with Gasteiger partial charge in [0.15, 0.2) is 5.65 Å². The molecule has 2 aliphatic rings. The van der Waals surface area contributed by atoms with Crippen molar-refractivity contribution >= 4 is 39.8 Å². The number of rotatable bonds is 6. The number of hydrogen-bond acceptors (Lipinski definition) is 5. The Labute approximate surface area is 305 Å². The molecular weight excluding hydrogens is 705 g/mol. The number of fused-ring (bicyclic) bond motifs is 3. The number of alkyl halides is 3. The largest absolute Gasteiger partial charge is 0.417 e. The summed E-state index contributed by atoms with van der Waals surface area (Å²) in [7, 11) is 0. The molecule has 3 aromatic heterocycles. The fraction of sp³-hybridized carbons (Fsp3) is 0.225. The molecule has 1 saturated carbocycles. The molecule has 13 heteroatoms. The molecular formula is C40H30ClF3N6O3. The summed E-state index contributed by atoms with van der Waals surface area (Å²) in [5.41, 5.74) is 6.16. The minimum atomic E-state index is -4.77. The van der Waals surface area contributed by atoms with Crippen LogP contribution >= 0.6 is 11.6 Å². The molecule has 266 valence electrons. The van der Waals surface area contributed by atoms with Gasteiger partial charge in [-0.2, -0.15) is 18.3 Å². The summed E-state index contributed by atoms with van der Waals surface area (Å²) in [6.07, 6.45) is -1.34. The monoisotopic (exact) mass is 734 g/mol. The second-order valence-electron chi connectivity index (χ2n) is 13.5. The molecule has 8 rings (SSSR count). The standard InChI is InChI=1S/C40H30ClF3N6O3/c1-21(31-19-25-7-6-10-30(41)33(25)39(53)50(31)28-8-4-3-5-9-28)35-34(36(45)51)37-46-27(15-16-49(37)47-35)14-11-23-17-26-20-48(22(2)24-12-13-24)38(52)32(26)29(18-23)40(42,43)44/h3-10,15-19,21-22,24H,12-13,20H2,1-2H3,(H2,45,51)/t21-,22-/m0/s1. The van der Waals surface area contributed by atoms with Crippen molar-refractivity contribution in [3.8, 4) is 17.5 Å². The topological polar surface area (TPSA) is 116 Å². The highest BCUT2D eigenvalue weighted by Crippen LogP contribution is 2.42. The number of aromatic nitrogens is 4. The predicted octanol–water partition coefficient (Wildman–Crippen LogP) is 7.11. The van der Waals surface area contributed by atoms with E-state index in [1.807, 2.05) is 19.1 Å². The third kappa shape index (κ3) is 5.91. The third-order valence-electron chi connectivity index (χ3n) is 10.1. The molecule has 2 amide bonds. The predicted molar refractivity (Wildman–Crippen MR) is 193 cm³/mol. The molecule has 4 heterocycles. The molecule has 53 heavy (non-hydrogen) atoms. The van der Waals surface area contributed by atoms with E-state index in [1.165, 1.54) is 32.3 Å². The van der Waals surface area contributed by atoms with Crippen molar-refractivity contribution in [3.63, 3.8) is 0 Å². The maximum absolute atomic E-state index is 14.3. The number of primary amides is 1.